The Morgan fingerprint density at radius 2 is 2.17 bits per heavy atom. The highest BCUT2D eigenvalue weighted by molar-refractivity contribution is 9.10. The molecule has 0 atom stereocenters. The van der Waals surface area contributed by atoms with E-state index < -0.39 is 11.7 Å². The van der Waals surface area contributed by atoms with Gasteiger partial charge in [-0.25, -0.2) is 4.39 Å². The Kier molecular flexibility index (Phi) is 5.22. The lowest BCUT2D eigenvalue weighted by atomic mass is 10.1. The minimum absolute atomic E-state index is 0.00863. The first-order chi connectivity index (χ1) is 8.32. The summed E-state index contributed by atoms with van der Waals surface area (Å²) in [6.45, 7) is 3.79. The molecule has 0 radical (unpaired) electrons. The van der Waals surface area contributed by atoms with Gasteiger partial charge in [0, 0.05) is 10.5 Å². The minimum Gasteiger partial charge on any atom is -0.392 e. The van der Waals surface area contributed by atoms with Gasteiger partial charge in [0.05, 0.1) is 17.1 Å². The van der Waals surface area contributed by atoms with E-state index in [9.17, 15) is 9.18 Å². The highest BCUT2D eigenvalue weighted by Gasteiger charge is 2.22. The zero-order chi connectivity index (χ0) is 13.9. The number of hydrogen-bond acceptors (Lipinski definition) is 2. The molecule has 1 amide bonds. The molecule has 1 aromatic carbocycles. The first-order valence-electron chi connectivity index (χ1n) is 5.37. The quantitative estimate of drug-likeness (QED) is 0.862. The van der Waals surface area contributed by atoms with E-state index in [0.717, 1.165) is 0 Å². The number of nitrogens with zero attached hydrogens (tertiary/aromatic N) is 1. The molecule has 0 aliphatic rings. The third-order valence-electron chi connectivity index (χ3n) is 2.37. The second-order valence-electron chi connectivity index (χ2n) is 4.12. The summed E-state index contributed by atoms with van der Waals surface area (Å²) in [6.07, 6.45) is 0. The van der Waals surface area contributed by atoms with Crippen LogP contribution in [0.4, 0.5) is 4.39 Å². The molecule has 0 spiro atoms. The Morgan fingerprint density at radius 3 is 2.67 bits per heavy atom. The predicted octanol–water partition coefficient (Wildman–Crippen LogP) is 2.72. The van der Waals surface area contributed by atoms with Crippen molar-refractivity contribution in [2.24, 2.45) is 5.73 Å². The molecule has 0 saturated heterocycles. The fraction of sp³-hybridized carbons (Fsp3) is 0.333. The fourth-order valence-corrected chi connectivity index (χ4v) is 1.97. The van der Waals surface area contributed by atoms with Crippen molar-refractivity contribution in [2.75, 3.05) is 6.54 Å². The van der Waals surface area contributed by atoms with Crippen LogP contribution in [0.3, 0.4) is 0 Å². The van der Waals surface area contributed by atoms with Crippen LogP contribution in [0.5, 0.6) is 0 Å². The minimum atomic E-state index is -0.559. The second kappa shape index (κ2) is 6.24. The lowest BCUT2D eigenvalue weighted by Gasteiger charge is -2.26. The first-order valence-corrected chi connectivity index (χ1v) is 6.57. The number of amides is 1. The maximum absolute atomic E-state index is 13.6. The van der Waals surface area contributed by atoms with Gasteiger partial charge in [0.2, 0.25) is 0 Å². The molecule has 0 aromatic heterocycles. The van der Waals surface area contributed by atoms with Crippen molar-refractivity contribution in [1.82, 2.24) is 4.90 Å². The molecule has 1 aromatic rings. The average molecular weight is 333 g/mol. The van der Waals surface area contributed by atoms with Crippen LogP contribution < -0.4 is 5.73 Å². The molecule has 0 fully saturated rings. The van der Waals surface area contributed by atoms with Crippen molar-refractivity contribution in [3.05, 3.63) is 34.1 Å². The number of rotatable bonds is 4. The van der Waals surface area contributed by atoms with Gasteiger partial charge in [-0.2, -0.15) is 0 Å². The molecule has 0 bridgehead atoms. The van der Waals surface area contributed by atoms with Crippen LogP contribution in [-0.2, 0) is 0 Å². The van der Waals surface area contributed by atoms with Gasteiger partial charge >= 0.3 is 0 Å². The van der Waals surface area contributed by atoms with Crippen molar-refractivity contribution in [1.29, 1.82) is 0 Å². The summed E-state index contributed by atoms with van der Waals surface area (Å²) in [4.78, 5) is 13.9. The number of carbonyl (C=O) groups is 1. The number of benzene rings is 1. The topological polar surface area (TPSA) is 46.3 Å². The van der Waals surface area contributed by atoms with E-state index in [1.807, 2.05) is 13.8 Å². The largest absolute Gasteiger partial charge is 0.392 e. The van der Waals surface area contributed by atoms with Crippen LogP contribution in [-0.4, -0.2) is 28.4 Å². The Hall–Kier alpha value is -1.01. The Balaban J connectivity index is 3.09. The maximum Gasteiger partial charge on any atom is 0.257 e. The SMILES string of the molecule is CC(C)N(CC(N)=S)C(=O)c1cc(Br)ccc1F. The Morgan fingerprint density at radius 1 is 1.56 bits per heavy atom. The van der Waals surface area contributed by atoms with Crippen LogP contribution in [0, 0.1) is 5.82 Å². The van der Waals surface area contributed by atoms with E-state index in [1.165, 1.54) is 17.0 Å². The first kappa shape index (κ1) is 15.0. The van der Waals surface area contributed by atoms with Crippen LogP contribution in [0.15, 0.2) is 22.7 Å². The molecule has 3 nitrogen and oxygen atoms in total. The molecule has 0 aliphatic heterocycles. The summed E-state index contributed by atoms with van der Waals surface area (Å²) >= 11 is 8.01. The molecule has 0 unspecified atom stereocenters. The van der Waals surface area contributed by atoms with E-state index in [-0.39, 0.29) is 23.1 Å². The zero-order valence-electron chi connectivity index (χ0n) is 10.1. The number of nitrogens with two attached hydrogens (primary N) is 1. The molecule has 6 heteroatoms. The van der Waals surface area contributed by atoms with E-state index in [4.69, 9.17) is 18.0 Å². The third-order valence-corrected chi connectivity index (χ3v) is 2.99. The van der Waals surface area contributed by atoms with Gasteiger partial charge in [0.1, 0.15) is 5.82 Å². The van der Waals surface area contributed by atoms with Crippen LogP contribution in [0.25, 0.3) is 0 Å². The van der Waals surface area contributed by atoms with Gasteiger partial charge in [0.25, 0.3) is 5.91 Å². The normalized spacial score (nSPS) is 10.5. The summed E-state index contributed by atoms with van der Waals surface area (Å²) in [7, 11) is 0. The van der Waals surface area contributed by atoms with Gasteiger partial charge in [-0.15, -0.1) is 0 Å². The highest BCUT2D eigenvalue weighted by atomic mass is 79.9. The smallest absolute Gasteiger partial charge is 0.257 e. The lowest BCUT2D eigenvalue weighted by Crippen LogP contribution is -2.42. The van der Waals surface area contributed by atoms with Gasteiger partial charge < -0.3 is 10.6 Å². The van der Waals surface area contributed by atoms with Crippen molar-refractivity contribution in [3.63, 3.8) is 0 Å². The Labute approximate surface area is 119 Å². The van der Waals surface area contributed by atoms with E-state index >= 15 is 0 Å². The van der Waals surface area contributed by atoms with Crippen LogP contribution in [0.2, 0.25) is 0 Å². The predicted molar refractivity (Wildman–Crippen MR) is 77.1 cm³/mol. The summed E-state index contributed by atoms with van der Waals surface area (Å²) in [5.41, 5.74) is 5.46. The van der Waals surface area contributed by atoms with E-state index in [2.05, 4.69) is 15.9 Å². The van der Waals surface area contributed by atoms with Gasteiger partial charge in [-0.1, -0.05) is 28.1 Å². The molecule has 18 heavy (non-hydrogen) atoms. The van der Waals surface area contributed by atoms with Gasteiger partial charge in [-0.3, -0.25) is 4.79 Å². The highest BCUT2D eigenvalue weighted by Crippen LogP contribution is 2.18. The van der Waals surface area contributed by atoms with Crippen molar-refractivity contribution in [2.45, 2.75) is 19.9 Å². The summed E-state index contributed by atoms with van der Waals surface area (Å²) in [5, 5.41) is 0. The number of halogens is 2. The molecule has 98 valence electrons. The van der Waals surface area contributed by atoms with Crippen LogP contribution in [0.1, 0.15) is 24.2 Å². The number of hydrogen-bond donors (Lipinski definition) is 1. The maximum atomic E-state index is 13.6. The number of carbonyl (C=O) groups excluding carboxylic acids is 1. The van der Waals surface area contributed by atoms with Crippen molar-refractivity contribution >= 4 is 39.0 Å². The average Bonchev–Trinajstić information content (AvgIpc) is 2.27. The molecule has 0 aliphatic carbocycles. The van der Waals surface area contributed by atoms with Crippen LogP contribution >= 0.6 is 28.1 Å². The summed E-state index contributed by atoms with van der Waals surface area (Å²) in [5.74, 6) is -0.978. The molecule has 1 rings (SSSR count). The molecular formula is C12H14BrFN2OS. The van der Waals surface area contributed by atoms with Crippen molar-refractivity contribution < 1.29 is 9.18 Å². The zero-order valence-corrected chi connectivity index (χ0v) is 12.5. The molecular weight excluding hydrogens is 319 g/mol. The number of thiocarbonyl (C=S) groups is 1. The summed E-state index contributed by atoms with van der Waals surface area (Å²) in [6, 6.07) is 4.13. The molecule has 0 saturated carbocycles. The molecule has 0 heterocycles. The van der Waals surface area contributed by atoms with E-state index in [1.54, 1.807) is 6.07 Å². The van der Waals surface area contributed by atoms with Gasteiger partial charge in [0.15, 0.2) is 0 Å². The fourth-order valence-electron chi connectivity index (χ4n) is 1.47. The third kappa shape index (κ3) is 3.74. The second-order valence-corrected chi connectivity index (χ2v) is 5.56. The Bertz CT molecular complexity index is 479. The van der Waals surface area contributed by atoms with Crippen molar-refractivity contribution in [3.8, 4) is 0 Å². The lowest BCUT2D eigenvalue weighted by molar-refractivity contribution is 0.0731. The van der Waals surface area contributed by atoms with Gasteiger partial charge in [-0.05, 0) is 32.0 Å². The monoisotopic (exact) mass is 332 g/mol. The summed E-state index contributed by atoms with van der Waals surface area (Å²) < 4.78 is 14.3. The standard InChI is InChI=1S/C12H14BrFN2OS/c1-7(2)16(6-11(15)18)12(17)9-5-8(13)3-4-10(9)14/h3-5,7H,6H2,1-2H3,(H2,15,18). The van der Waals surface area contributed by atoms with E-state index in [0.29, 0.717) is 4.47 Å². The molecule has 2 N–H and O–H groups in total.